The number of rotatable bonds is 0. The first-order chi connectivity index (χ1) is 10.9. The third-order valence-electron chi connectivity index (χ3n) is 8.13. The maximum absolute atomic E-state index is 11.9. The van der Waals surface area contributed by atoms with Gasteiger partial charge in [-0.25, -0.2) is 0 Å². The topological polar surface area (TPSA) is 37.3 Å². The van der Waals surface area contributed by atoms with Crippen molar-refractivity contribution in [3.8, 4) is 0 Å². The molecule has 6 atom stereocenters. The van der Waals surface area contributed by atoms with Gasteiger partial charge in [-0.2, -0.15) is 0 Å². The van der Waals surface area contributed by atoms with Crippen molar-refractivity contribution >= 4 is 5.78 Å². The first-order valence-corrected chi connectivity index (χ1v) is 9.47. The molecule has 126 valence electrons. The van der Waals surface area contributed by atoms with Crippen LogP contribution in [0.2, 0.25) is 0 Å². The van der Waals surface area contributed by atoms with Crippen molar-refractivity contribution in [2.24, 2.45) is 28.6 Å². The van der Waals surface area contributed by atoms with Gasteiger partial charge in [-0.15, -0.1) is 0 Å². The monoisotopic (exact) mass is 314 g/mol. The molecule has 4 rings (SSSR count). The second-order valence-electron chi connectivity index (χ2n) is 8.97. The summed E-state index contributed by atoms with van der Waals surface area (Å²) in [4.78, 5) is 11.9. The van der Waals surface area contributed by atoms with Gasteiger partial charge in [0.15, 0.2) is 5.78 Å². The van der Waals surface area contributed by atoms with Crippen LogP contribution in [-0.2, 0) is 4.79 Å². The van der Waals surface area contributed by atoms with Crippen LogP contribution >= 0.6 is 0 Å². The summed E-state index contributed by atoms with van der Waals surface area (Å²) in [6.45, 7) is 6.89. The number of aliphatic hydroxyl groups is 1. The third kappa shape index (κ3) is 2.00. The fraction of sp³-hybridized carbons (Fsp3) is 0.762. The lowest BCUT2D eigenvalue weighted by atomic mass is 9.47. The quantitative estimate of drug-likeness (QED) is 0.671. The lowest BCUT2D eigenvalue weighted by Gasteiger charge is -2.57. The van der Waals surface area contributed by atoms with E-state index in [1.807, 2.05) is 6.08 Å². The van der Waals surface area contributed by atoms with E-state index in [1.54, 1.807) is 0 Å². The second-order valence-corrected chi connectivity index (χ2v) is 8.97. The maximum Gasteiger partial charge on any atom is 0.155 e. The zero-order valence-electron chi connectivity index (χ0n) is 14.8. The lowest BCUT2D eigenvalue weighted by molar-refractivity contribution is -0.117. The van der Waals surface area contributed by atoms with Crippen LogP contribution in [0.15, 0.2) is 23.3 Å². The Hall–Kier alpha value is -0.890. The van der Waals surface area contributed by atoms with Crippen LogP contribution in [0.25, 0.3) is 0 Å². The van der Waals surface area contributed by atoms with E-state index in [9.17, 15) is 9.90 Å². The minimum atomic E-state index is -0.169. The van der Waals surface area contributed by atoms with Crippen LogP contribution in [0.4, 0.5) is 0 Å². The van der Waals surface area contributed by atoms with Crippen LogP contribution in [0.5, 0.6) is 0 Å². The molecule has 1 N–H and O–H groups in total. The van der Waals surface area contributed by atoms with Crippen molar-refractivity contribution in [2.45, 2.75) is 71.8 Å². The molecule has 0 saturated heterocycles. The molecule has 2 nitrogen and oxygen atoms in total. The van der Waals surface area contributed by atoms with E-state index in [4.69, 9.17) is 0 Å². The molecule has 3 saturated carbocycles. The molecule has 0 heterocycles. The highest BCUT2D eigenvalue weighted by Gasteiger charge is 2.60. The van der Waals surface area contributed by atoms with Crippen LogP contribution in [0.1, 0.15) is 65.7 Å². The van der Waals surface area contributed by atoms with Gasteiger partial charge in [0.1, 0.15) is 0 Å². The molecular weight excluding hydrogens is 284 g/mol. The van der Waals surface area contributed by atoms with Crippen molar-refractivity contribution in [3.63, 3.8) is 0 Å². The van der Waals surface area contributed by atoms with Crippen molar-refractivity contribution < 1.29 is 9.90 Å². The number of hydrogen-bond acceptors (Lipinski definition) is 2. The molecule has 0 aliphatic heterocycles. The molecule has 0 amide bonds. The Balaban J connectivity index is 1.74. The van der Waals surface area contributed by atoms with Gasteiger partial charge in [0.25, 0.3) is 0 Å². The summed E-state index contributed by atoms with van der Waals surface area (Å²) in [5.41, 5.74) is 3.23. The standard InChI is InChI=1S/C21H30O2/c1-4-13-11-18(23)21(3)10-8-17-16(19(13)21)6-5-14-12-15(22)7-9-20(14,17)2/h4,12,16-19,23H,5-11H2,1-3H3/t16-,17+,18+,19+,20+,21-/m1/s1. The summed E-state index contributed by atoms with van der Waals surface area (Å²) in [6, 6.07) is 0. The van der Waals surface area contributed by atoms with Crippen LogP contribution < -0.4 is 0 Å². The number of allylic oxidation sites excluding steroid dienone is 2. The number of carbonyl (C=O) groups is 1. The van der Waals surface area contributed by atoms with Gasteiger partial charge in [-0.1, -0.05) is 31.1 Å². The highest BCUT2D eigenvalue weighted by Crippen LogP contribution is 2.66. The summed E-state index contributed by atoms with van der Waals surface area (Å²) in [6.07, 6.45) is 11.4. The van der Waals surface area contributed by atoms with Crippen LogP contribution in [-0.4, -0.2) is 17.0 Å². The molecule has 2 heteroatoms. The fourth-order valence-corrected chi connectivity index (χ4v) is 6.75. The van der Waals surface area contributed by atoms with E-state index in [-0.39, 0.29) is 16.9 Å². The first-order valence-electron chi connectivity index (χ1n) is 9.47. The van der Waals surface area contributed by atoms with E-state index in [0.29, 0.717) is 23.5 Å². The molecule has 0 aromatic rings. The summed E-state index contributed by atoms with van der Waals surface area (Å²) in [5, 5.41) is 10.7. The summed E-state index contributed by atoms with van der Waals surface area (Å²) in [5.74, 6) is 2.26. The first kappa shape index (κ1) is 15.6. The molecular formula is C21H30O2. The average molecular weight is 314 g/mol. The summed E-state index contributed by atoms with van der Waals surface area (Å²) >= 11 is 0. The van der Waals surface area contributed by atoms with Crippen LogP contribution in [0, 0.1) is 28.6 Å². The normalized spacial score (nSPS) is 51.0. The zero-order valence-corrected chi connectivity index (χ0v) is 14.8. The number of fused-ring (bicyclic) bond motifs is 5. The molecule has 0 radical (unpaired) electrons. The number of aliphatic hydroxyl groups excluding tert-OH is 1. The molecule has 0 bridgehead atoms. The Morgan fingerprint density at radius 2 is 2.00 bits per heavy atom. The van der Waals surface area contributed by atoms with Gasteiger partial charge in [-0.3, -0.25) is 4.79 Å². The average Bonchev–Trinajstić information content (AvgIpc) is 2.79. The summed E-state index contributed by atoms with van der Waals surface area (Å²) < 4.78 is 0. The third-order valence-corrected chi connectivity index (χ3v) is 8.13. The SMILES string of the molecule is CC=C1C[C@H](O)[C@@]2(C)CC[C@H]3[C@@H](CCC4=CC(=O)CC[C@@]43C)[C@H]12. The van der Waals surface area contributed by atoms with E-state index in [2.05, 4.69) is 26.8 Å². The Morgan fingerprint density at radius 3 is 2.74 bits per heavy atom. The largest absolute Gasteiger partial charge is 0.392 e. The highest BCUT2D eigenvalue weighted by atomic mass is 16.3. The second kappa shape index (κ2) is 5.05. The van der Waals surface area contributed by atoms with Gasteiger partial charge in [0.2, 0.25) is 0 Å². The highest BCUT2D eigenvalue weighted by molar-refractivity contribution is 5.91. The van der Waals surface area contributed by atoms with Gasteiger partial charge in [-0.05, 0) is 74.7 Å². The van der Waals surface area contributed by atoms with Gasteiger partial charge in [0, 0.05) is 11.8 Å². The van der Waals surface area contributed by atoms with Gasteiger partial charge < -0.3 is 5.11 Å². The zero-order chi connectivity index (χ0) is 16.4. The molecule has 3 fully saturated rings. The Kier molecular flexibility index (Phi) is 3.43. The Labute approximate surface area is 140 Å². The number of carbonyl (C=O) groups excluding carboxylic acids is 1. The minimum Gasteiger partial charge on any atom is -0.392 e. The van der Waals surface area contributed by atoms with E-state index < -0.39 is 0 Å². The number of ketones is 1. The van der Waals surface area contributed by atoms with E-state index >= 15 is 0 Å². The maximum atomic E-state index is 11.9. The number of hydrogen-bond donors (Lipinski definition) is 1. The van der Waals surface area contributed by atoms with Crippen molar-refractivity contribution in [1.82, 2.24) is 0 Å². The minimum absolute atomic E-state index is 0.0745. The predicted octanol–water partition coefficient (Wildman–Crippen LogP) is 4.44. The molecule has 23 heavy (non-hydrogen) atoms. The van der Waals surface area contributed by atoms with E-state index in [1.165, 1.54) is 24.0 Å². The Morgan fingerprint density at radius 1 is 1.22 bits per heavy atom. The molecule has 4 aliphatic rings. The van der Waals surface area contributed by atoms with Crippen molar-refractivity contribution in [1.29, 1.82) is 0 Å². The summed E-state index contributed by atoms with van der Waals surface area (Å²) in [7, 11) is 0. The lowest BCUT2D eigenvalue weighted by Crippen LogP contribution is -2.51. The van der Waals surface area contributed by atoms with Gasteiger partial charge in [0.05, 0.1) is 6.10 Å². The predicted molar refractivity (Wildman–Crippen MR) is 91.9 cm³/mol. The van der Waals surface area contributed by atoms with Crippen molar-refractivity contribution in [2.75, 3.05) is 0 Å². The smallest absolute Gasteiger partial charge is 0.155 e. The molecule has 4 aliphatic carbocycles. The molecule has 0 spiro atoms. The molecule has 0 aromatic heterocycles. The van der Waals surface area contributed by atoms with Crippen molar-refractivity contribution in [3.05, 3.63) is 23.3 Å². The van der Waals surface area contributed by atoms with Gasteiger partial charge >= 0.3 is 0 Å². The van der Waals surface area contributed by atoms with E-state index in [0.717, 1.165) is 32.1 Å². The molecule has 0 unspecified atom stereocenters. The Bertz CT molecular complexity index is 601. The fourth-order valence-electron chi connectivity index (χ4n) is 6.75. The molecule has 0 aromatic carbocycles. The van der Waals surface area contributed by atoms with Crippen LogP contribution in [0.3, 0.4) is 0 Å².